The van der Waals surface area contributed by atoms with Crippen LogP contribution in [0.1, 0.15) is 102 Å². The molecule has 1 aromatic carbocycles. The molecule has 0 radical (unpaired) electrons. The Hall–Kier alpha value is -0.730. The Morgan fingerprint density at radius 2 is 1.50 bits per heavy atom. The summed E-state index contributed by atoms with van der Waals surface area (Å²) in [6, 6.07) is 7.15. The molecule has 3 heteroatoms. The van der Waals surface area contributed by atoms with Crippen molar-refractivity contribution in [3.63, 3.8) is 0 Å². The number of hydrogen-bond acceptors (Lipinski definition) is 2. The maximum atomic E-state index is 5.51. The molecule has 0 spiro atoms. The number of ether oxygens (including phenoxy) is 1. The van der Waals surface area contributed by atoms with Gasteiger partial charge in [0.25, 0.3) is 0 Å². The summed E-state index contributed by atoms with van der Waals surface area (Å²) in [6.45, 7) is 3.47. The summed E-state index contributed by atoms with van der Waals surface area (Å²) in [5.74, 6) is 1.08. The first-order chi connectivity index (χ1) is 13.3. The third-order valence-electron chi connectivity index (χ3n) is 6.12. The van der Waals surface area contributed by atoms with Crippen LogP contribution in [0.4, 0.5) is 0 Å². The van der Waals surface area contributed by atoms with E-state index in [1.165, 1.54) is 101 Å². The normalized spacial score (nSPS) is 15.7. The fourth-order valence-corrected chi connectivity index (χ4v) is 4.41. The van der Waals surface area contributed by atoms with Crippen molar-refractivity contribution in [2.45, 2.75) is 109 Å². The van der Waals surface area contributed by atoms with Crippen molar-refractivity contribution in [1.29, 1.82) is 0 Å². The first kappa shape index (κ1) is 25.3. The number of halogens is 1. The molecule has 1 unspecified atom stereocenters. The van der Waals surface area contributed by atoms with Gasteiger partial charge in [0.05, 0.1) is 7.11 Å². The summed E-state index contributed by atoms with van der Waals surface area (Å²) in [6.07, 6.45) is 20.6. The average Bonchev–Trinajstić information content (AvgIpc) is 2.70. The molecule has 0 heterocycles. The Balaban J connectivity index is 0.00000392. The molecular weight excluding hydrogens is 366 g/mol. The van der Waals surface area contributed by atoms with Crippen molar-refractivity contribution in [3.05, 3.63) is 29.3 Å². The van der Waals surface area contributed by atoms with Crippen LogP contribution in [0.2, 0.25) is 0 Å². The van der Waals surface area contributed by atoms with E-state index in [1.807, 2.05) is 0 Å². The fourth-order valence-electron chi connectivity index (χ4n) is 4.41. The summed E-state index contributed by atoms with van der Waals surface area (Å²) in [4.78, 5) is 0. The van der Waals surface area contributed by atoms with E-state index in [2.05, 4.69) is 30.4 Å². The van der Waals surface area contributed by atoms with Gasteiger partial charge >= 0.3 is 0 Å². The molecular formula is C25H44ClNO. The van der Waals surface area contributed by atoms with E-state index >= 15 is 0 Å². The number of unbranched alkanes of at least 4 members (excludes halogenated alkanes) is 11. The molecule has 0 saturated heterocycles. The van der Waals surface area contributed by atoms with Crippen molar-refractivity contribution in [2.75, 3.05) is 13.7 Å². The van der Waals surface area contributed by atoms with Crippen molar-refractivity contribution >= 4 is 12.4 Å². The first-order valence-electron chi connectivity index (χ1n) is 11.7. The van der Waals surface area contributed by atoms with E-state index in [0.717, 1.165) is 18.6 Å². The predicted molar refractivity (Wildman–Crippen MR) is 125 cm³/mol. The van der Waals surface area contributed by atoms with Crippen LogP contribution >= 0.6 is 12.4 Å². The molecule has 1 aliphatic carbocycles. The van der Waals surface area contributed by atoms with E-state index in [4.69, 9.17) is 4.74 Å². The molecule has 162 valence electrons. The second-order valence-electron chi connectivity index (χ2n) is 8.38. The van der Waals surface area contributed by atoms with Crippen molar-refractivity contribution in [3.8, 4) is 5.75 Å². The van der Waals surface area contributed by atoms with Crippen molar-refractivity contribution in [1.82, 2.24) is 5.32 Å². The highest BCUT2D eigenvalue weighted by molar-refractivity contribution is 5.85. The van der Waals surface area contributed by atoms with Gasteiger partial charge in [0.1, 0.15) is 5.75 Å². The molecule has 1 aliphatic rings. The fraction of sp³-hybridized carbons (Fsp3) is 0.760. The Morgan fingerprint density at radius 3 is 2.11 bits per heavy atom. The highest BCUT2D eigenvalue weighted by atomic mass is 35.5. The summed E-state index contributed by atoms with van der Waals surface area (Å²) in [5.41, 5.74) is 2.91. The van der Waals surface area contributed by atoms with Gasteiger partial charge in [0.15, 0.2) is 0 Å². The van der Waals surface area contributed by atoms with Gasteiger partial charge in [-0.25, -0.2) is 0 Å². The molecule has 0 fully saturated rings. The van der Waals surface area contributed by atoms with Crippen LogP contribution in [-0.2, 0) is 12.8 Å². The lowest BCUT2D eigenvalue weighted by Gasteiger charge is -2.26. The van der Waals surface area contributed by atoms with E-state index in [1.54, 1.807) is 7.11 Å². The number of methoxy groups -OCH3 is 1. The topological polar surface area (TPSA) is 21.3 Å². The lowest BCUT2D eigenvalue weighted by Crippen LogP contribution is -2.35. The summed E-state index contributed by atoms with van der Waals surface area (Å²) >= 11 is 0. The van der Waals surface area contributed by atoms with Gasteiger partial charge in [0.2, 0.25) is 0 Å². The quantitative estimate of drug-likeness (QED) is 0.307. The van der Waals surface area contributed by atoms with Gasteiger partial charge in [-0.3, -0.25) is 0 Å². The number of benzene rings is 1. The van der Waals surface area contributed by atoms with E-state index in [0.29, 0.717) is 6.04 Å². The predicted octanol–water partition coefficient (Wildman–Crippen LogP) is 7.27. The smallest absolute Gasteiger partial charge is 0.122 e. The maximum Gasteiger partial charge on any atom is 0.122 e. The van der Waals surface area contributed by atoms with Crippen LogP contribution in [0.15, 0.2) is 18.2 Å². The minimum Gasteiger partial charge on any atom is -0.496 e. The van der Waals surface area contributed by atoms with Gasteiger partial charge in [-0.05, 0) is 49.4 Å². The molecule has 2 rings (SSSR count). The molecule has 1 N–H and O–H groups in total. The van der Waals surface area contributed by atoms with E-state index < -0.39 is 0 Å². The minimum atomic E-state index is 0. The van der Waals surface area contributed by atoms with Crippen LogP contribution in [0, 0.1) is 0 Å². The SMILES string of the molecule is CCCCCCCCCCCCCCNC1CCc2c(cccc2OC)C1.Cl. The first-order valence-corrected chi connectivity index (χ1v) is 11.7. The lowest BCUT2D eigenvalue weighted by atomic mass is 9.87. The molecule has 1 aromatic rings. The van der Waals surface area contributed by atoms with Gasteiger partial charge in [0, 0.05) is 6.04 Å². The molecule has 2 nitrogen and oxygen atoms in total. The molecule has 0 saturated carbocycles. The lowest BCUT2D eigenvalue weighted by molar-refractivity contribution is 0.396. The largest absolute Gasteiger partial charge is 0.496 e. The summed E-state index contributed by atoms with van der Waals surface area (Å²) < 4.78 is 5.51. The van der Waals surface area contributed by atoms with E-state index in [-0.39, 0.29) is 12.4 Å². The highest BCUT2D eigenvalue weighted by Gasteiger charge is 2.20. The molecule has 1 atom stereocenters. The van der Waals surface area contributed by atoms with E-state index in [9.17, 15) is 0 Å². The van der Waals surface area contributed by atoms with Gasteiger partial charge in [-0.2, -0.15) is 0 Å². The maximum absolute atomic E-state index is 5.51. The second-order valence-corrected chi connectivity index (χ2v) is 8.38. The van der Waals surface area contributed by atoms with Crippen LogP contribution in [0.3, 0.4) is 0 Å². The third kappa shape index (κ3) is 9.65. The van der Waals surface area contributed by atoms with Crippen molar-refractivity contribution in [2.24, 2.45) is 0 Å². The third-order valence-corrected chi connectivity index (χ3v) is 6.12. The molecule has 28 heavy (non-hydrogen) atoms. The minimum absolute atomic E-state index is 0. The zero-order valence-corrected chi connectivity index (χ0v) is 19.3. The van der Waals surface area contributed by atoms with Crippen LogP contribution < -0.4 is 10.1 Å². The standard InChI is InChI=1S/C25H43NO.ClH/c1-3-4-5-6-7-8-9-10-11-12-13-14-20-26-23-18-19-24-22(21-23)16-15-17-25(24)27-2;/h15-17,23,26H,3-14,18-21H2,1-2H3;1H. The Labute approximate surface area is 180 Å². The number of nitrogens with one attached hydrogen (secondary N) is 1. The van der Waals surface area contributed by atoms with Gasteiger partial charge in [-0.15, -0.1) is 12.4 Å². The Kier molecular flexibility index (Phi) is 14.6. The van der Waals surface area contributed by atoms with Crippen molar-refractivity contribution < 1.29 is 4.74 Å². The highest BCUT2D eigenvalue weighted by Crippen LogP contribution is 2.29. The Morgan fingerprint density at radius 1 is 0.893 bits per heavy atom. The van der Waals surface area contributed by atoms with Gasteiger partial charge < -0.3 is 10.1 Å². The Bertz CT molecular complexity index is 505. The summed E-state index contributed by atoms with van der Waals surface area (Å²) in [5, 5.41) is 3.79. The molecule has 0 aromatic heterocycles. The monoisotopic (exact) mass is 409 g/mol. The molecule has 0 bridgehead atoms. The zero-order valence-electron chi connectivity index (χ0n) is 18.4. The van der Waals surface area contributed by atoms with Gasteiger partial charge in [-0.1, -0.05) is 89.7 Å². The summed E-state index contributed by atoms with van der Waals surface area (Å²) in [7, 11) is 1.79. The average molecular weight is 410 g/mol. The number of hydrogen-bond donors (Lipinski definition) is 1. The second kappa shape index (κ2) is 16.1. The van der Waals surface area contributed by atoms with Crippen LogP contribution in [0.25, 0.3) is 0 Å². The molecule has 0 amide bonds. The number of fused-ring (bicyclic) bond motifs is 1. The zero-order chi connectivity index (χ0) is 19.2. The van der Waals surface area contributed by atoms with Crippen LogP contribution in [-0.4, -0.2) is 19.7 Å². The van der Waals surface area contributed by atoms with Crippen LogP contribution in [0.5, 0.6) is 5.75 Å². The number of rotatable bonds is 15. The molecule has 0 aliphatic heterocycles.